The van der Waals surface area contributed by atoms with Crippen molar-refractivity contribution < 1.29 is 14.3 Å². The number of nitrogens with one attached hydrogen (secondary N) is 1. The Balaban J connectivity index is 1.64. The van der Waals surface area contributed by atoms with Gasteiger partial charge in [0.05, 0.1) is 6.42 Å². The third-order valence-corrected chi connectivity index (χ3v) is 5.07. The molecule has 1 N–H and O–H groups in total. The summed E-state index contributed by atoms with van der Waals surface area (Å²) in [5.74, 6) is -0.458. The highest BCUT2D eigenvalue weighted by Gasteiger charge is 2.37. The number of anilines is 1. The number of esters is 1. The SMILES string of the molecule is O=C(CC1C(=O)OCCN1C1CCCCC1)Nc1ccc(Cl)cc1. The van der Waals surface area contributed by atoms with E-state index in [0.717, 1.165) is 19.4 Å². The van der Waals surface area contributed by atoms with E-state index in [0.29, 0.717) is 23.4 Å². The molecule has 0 spiro atoms. The van der Waals surface area contributed by atoms with Crippen LogP contribution in [0.2, 0.25) is 5.02 Å². The normalized spacial score (nSPS) is 22.9. The van der Waals surface area contributed by atoms with Gasteiger partial charge in [0.2, 0.25) is 5.91 Å². The van der Waals surface area contributed by atoms with Crippen molar-refractivity contribution in [1.82, 2.24) is 4.90 Å². The molecule has 1 aliphatic heterocycles. The lowest BCUT2D eigenvalue weighted by Crippen LogP contribution is -2.54. The predicted molar refractivity (Wildman–Crippen MR) is 93.0 cm³/mol. The predicted octanol–water partition coefficient (Wildman–Crippen LogP) is 3.23. The third-order valence-electron chi connectivity index (χ3n) is 4.82. The fourth-order valence-corrected chi connectivity index (χ4v) is 3.74. The van der Waals surface area contributed by atoms with Gasteiger partial charge in [-0.25, -0.2) is 0 Å². The Bertz CT molecular complexity index is 584. The zero-order chi connectivity index (χ0) is 16.9. The number of halogens is 1. The van der Waals surface area contributed by atoms with E-state index >= 15 is 0 Å². The monoisotopic (exact) mass is 350 g/mol. The molecule has 6 heteroatoms. The molecule has 2 fully saturated rings. The molecule has 2 aliphatic rings. The first kappa shape index (κ1) is 17.2. The summed E-state index contributed by atoms with van der Waals surface area (Å²) >= 11 is 5.85. The van der Waals surface area contributed by atoms with Gasteiger partial charge in [-0.05, 0) is 37.1 Å². The number of hydrogen-bond acceptors (Lipinski definition) is 4. The second kappa shape index (κ2) is 7.99. The van der Waals surface area contributed by atoms with Gasteiger partial charge in [-0.2, -0.15) is 0 Å². The van der Waals surface area contributed by atoms with Gasteiger partial charge in [-0.15, -0.1) is 0 Å². The second-order valence-corrected chi connectivity index (χ2v) is 6.91. The Hall–Kier alpha value is -1.59. The second-order valence-electron chi connectivity index (χ2n) is 6.47. The lowest BCUT2D eigenvalue weighted by molar-refractivity contribution is -0.161. The zero-order valence-corrected chi connectivity index (χ0v) is 14.4. The van der Waals surface area contributed by atoms with Gasteiger partial charge in [-0.3, -0.25) is 14.5 Å². The van der Waals surface area contributed by atoms with E-state index in [-0.39, 0.29) is 18.3 Å². The van der Waals surface area contributed by atoms with Crippen LogP contribution in [0.4, 0.5) is 5.69 Å². The molecule has 1 aromatic rings. The van der Waals surface area contributed by atoms with Crippen molar-refractivity contribution in [2.24, 2.45) is 0 Å². The standard InChI is InChI=1S/C18H23ClN2O3/c19-13-6-8-14(9-7-13)20-17(22)12-16-18(23)24-11-10-21(16)15-4-2-1-3-5-15/h6-9,15-16H,1-5,10-12H2,(H,20,22). The minimum Gasteiger partial charge on any atom is -0.463 e. The molecular formula is C18H23ClN2O3. The van der Waals surface area contributed by atoms with Crippen molar-refractivity contribution in [1.29, 1.82) is 0 Å². The van der Waals surface area contributed by atoms with E-state index in [9.17, 15) is 9.59 Å². The fourth-order valence-electron chi connectivity index (χ4n) is 3.61. The molecule has 1 atom stereocenters. The van der Waals surface area contributed by atoms with Crippen molar-refractivity contribution in [3.05, 3.63) is 29.3 Å². The molecule has 5 nitrogen and oxygen atoms in total. The molecule has 1 unspecified atom stereocenters. The first-order chi connectivity index (χ1) is 11.6. The van der Waals surface area contributed by atoms with Crippen molar-refractivity contribution >= 4 is 29.2 Å². The van der Waals surface area contributed by atoms with Crippen LogP contribution >= 0.6 is 11.6 Å². The minimum atomic E-state index is -0.478. The van der Waals surface area contributed by atoms with E-state index in [1.54, 1.807) is 24.3 Å². The average Bonchev–Trinajstić information content (AvgIpc) is 2.59. The van der Waals surface area contributed by atoms with Gasteiger partial charge in [-0.1, -0.05) is 30.9 Å². The summed E-state index contributed by atoms with van der Waals surface area (Å²) in [5, 5.41) is 3.45. The number of cyclic esters (lactones) is 1. The number of ether oxygens (including phenoxy) is 1. The van der Waals surface area contributed by atoms with E-state index < -0.39 is 6.04 Å². The molecule has 24 heavy (non-hydrogen) atoms. The molecule has 1 amide bonds. The summed E-state index contributed by atoms with van der Waals surface area (Å²) in [6, 6.07) is 6.85. The summed E-state index contributed by atoms with van der Waals surface area (Å²) in [5.41, 5.74) is 0.679. The molecule has 1 saturated carbocycles. The summed E-state index contributed by atoms with van der Waals surface area (Å²) in [6.45, 7) is 1.14. The van der Waals surface area contributed by atoms with Crippen LogP contribution in [-0.4, -0.2) is 42.0 Å². The number of rotatable bonds is 4. The van der Waals surface area contributed by atoms with Crippen molar-refractivity contribution in [2.75, 3.05) is 18.5 Å². The lowest BCUT2D eigenvalue weighted by Gasteiger charge is -2.41. The molecular weight excluding hydrogens is 328 g/mol. The van der Waals surface area contributed by atoms with E-state index in [2.05, 4.69) is 10.2 Å². The number of carbonyl (C=O) groups excluding carboxylic acids is 2. The lowest BCUT2D eigenvalue weighted by atomic mass is 9.92. The quantitative estimate of drug-likeness (QED) is 0.847. The number of carbonyl (C=O) groups is 2. The first-order valence-corrected chi connectivity index (χ1v) is 8.99. The third kappa shape index (κ3) is 4.28. The van der Waals surface area contributed by atoms with Gasteiger partial charge < -0.3 is 10.1 Å². The summed E-state index contributed by atoms with van der Waals surface area (Å²) in [7, 11) is 0. The van der Waals surface area contributed by atoms with Crippen molar-refractivity contribution in [3.8, 4) is 0 Å². The minimum absolute atomic E-state index is 0.123. The van der Waals surface area contributed by atoms with Gasteiger partial charge in [0, 0.05) is 23.3 Å². The van der Waals surface area contributed by atoms with Crippen LogP contribution in [0.25, 0.3) is 0 Å². The zero-order valence-electron chi connectivity index (χ0n) is 13.7. The van der Waals surface area contributed by atoms with Gasteiger partial charge >= 0.3 is 5.97 Å². The Kier molecular flexibility index (Phi) is 5.74. The van der Waals surface area contributed by atoms with Gasteiger partial charge in [0.15, 0.2) is 0 Å². The van der Waals surface area contributed by atoms with Crippen LogP contribution in [0, 0.1) is 0 Å². The Morgan fingerprint density at radius 1 is 1.21 bits per heavy atom. The van der Waals surface area contributed by atoms with E-state index in [1.165, 1.54) is 19.3 Å². The van der Waals surface area contributed by atoms with Crippen LogP contribution in [0.1, 0.15) is 38.5 Å². The number of benzene rings is 1. The maximum atomic E-state index is 12.4. The van der Waals surface area contributed by atoms with E-state index in [4.69, 9.17) is 16.3 Å². The molecule has 1 heterocycles. The molecule has 130 valence electrons. The van der Waals surface area contributed by atoms with Gasteiger partial charge in [0.25, 0.3) is 0 Å². The highest BCUT2D eigenvalue weighted by molar-refractivity contribution is 6.30. The molecule has 1 saturated heterocycles. The fraction of sp³-hybridized carbons (Fsp3) is 0.556. The molecule has 3 rings (SSSR count). The van der Waals surface area contributed by atoms with Gasteiger partial charge in [0.1, 0.15) is 12.6 Å². The Morgan fingerprint density at radius 3 is 2.62 bits per heavy atom. The average molecular weight is 351 g/mol. The smallest absolute Gasteiger partial charge is 0.323 e. The van der Waals surface area contributed by atoms with Crippen molar-refractivity contribution in [2.45, 2.75) is 50.6 Å². The van der Waals surface area contributed by atoms with Crippen molar-refractivity contribution in [3.63, 3.8) is 0 Å². The van der Waals surface area contributed by atoms with Crippen LogP contribution < -0.4 is 5.32 Å². The van der Waals surface area contributed by atoms with Crippen LogP contribution in [0.15, 0.2) is 24.3 Å². The topological polar surface area (TPSA) is 58.6 Å². The molecule has 0 aromatic heterocycles. The Morgan fingerprint density at radius 2 is 1.92 bits per heavy atom. The maximum Gasteiger partial charge on any atom is 0.323 e. The molecule has 1 aromatic carbocycles. The number of amides is 1. The van der Waals surface area contributed by atoms with Crippen LogP contribution in [-0.2, 0) is 14.3 Å². The number of nitrogens with zero attached hydrogens (tertiary/aromatic N) is 1. The molecule has 1 aliphatic carbocycles. The molecule has 0 radical (unpaired) electrons. The summed E-state index contributed by atoms with van der Waals surface area (Å²) in [4.78, 5) is 26.8. The Labute approximate surface area is 147 Å². The highest BCUT2D eigenvalue weighted by atomic mass is 35.5. The van der Waals surface area contributed by atoms with Crippen LogP contribution in [0.5, 0.6) is 0 Å². The highest BCUT2D eigenvalue weighted by Crippen LogP contribution is 2.27. The van der Waals surface area contributed by atoms with Crippen LogP contribution in [0.3, 0.4) is 0 Å². The van der Waals surface area contributed by atoms with E-state index in [1.807, 2.05) is 0 Å². The molecule has 0 bridgehead atoms. The maximum absolute atomic E-state index is 12.4. The first-order valence-electron chi connectivity index (χ1n) is 8.61. The summed E-state index contributed by atoms with van der Waals surface area (Å²) in [6.07, 6.45) is 5.97. The largest absolute Gasteiger partial charge is 0.463 e. The summed E-state index contributed by atoms with van der Waals surface area (Å²) < 4.78 is 5.20. The number of hydrogen-bond donors (Lipinski definition) is 1. The number of morpholine rings is 1.